The first-order valence-electron chi connectivity index (χ1n) is 44.0. The van der Waals surface area contributed by atoms with Crippen molar-refractivity contribution in [1.82, 2.24) is 58.1 Å². The third kappa shape index (κ3) is 22.8. The van der Waals surface area contributed by atoms with E-state index in [0.29, 0.717) is 5.92 Å². The predicted octanol–water partition coefficient (Wildman–Crippen LogP) is 25.4. The van der Waals surface area contributed by atoms with E-state index >= 15 is 0 Å². The van der Waals surface area contributed by atoms with Crippen LogP contribution >= 0.6 is 0 Å². The summed E-state index contributed by atoms with van der Waals surface area (Å²) in [7, 11) is -1.34. The van der Waals surface area contributed by atoms with Gasteiger partial charge in [0.2, 0.25) is 0 Å². The molecule has 25 heteroatoms. The van der Waals surface area contributed by atoms with E-state index in [1.807, 2.05) is 73.3 Å². The van der Waals surface area contributed by atoms with E-state index in [0.717, 1.165) is 57.3 Å². The zero-order valence-electron chi connectivity index (χ0n) is 76.0. The second-order valence-electron chi connectivity index (χ2n) is 33.0. The number of nitrogens with zero attached hydrogens (tertiary/aromatic N) is 12. The molecule has 0 saturated heterocycles. The minimum atomic E-state index is -1.34. The van der Waals surface area contributed by atoms with E-state index in [2.05, 4.69) is 331 Å². The first kappa shape index (κ1) is 102. The number of pyridine rings is 8. The molecule has 24 aromatic rings. The topological polar surface area (TPSA) is 272 Å². The van der Waals surface area contributed by atoms with Crippen molar-refractivity contribution >= 4 is 168 Å². The molecule has 0 aliphatic heterocycles. The molecule has 0 aliphatic rings. The van der Waals surface area contributed by atoms with Crippen LogP contribution < -0.4 is 5.19 Å². The summed E-state index contributed by atoms with van der Waals surface area (Å²) < 4.78 is 8.88. The van der Waals surface area contributed by atoms with E-state index in [-0.39, 0.29) is 103 Å². The normalized spacial score (nSPS) is 10.7. The third-order valence-electron chi connectivity index (χ3n) is 22.7. The van der Waals surface area contributed by atoms with E-state index in [4.69, 9.17) is 35.4 Å². The van der Waals surface area contributed by atoms with E-state index in [9.17, 15) is 19.2 Å². The van der Waals surface area contributed by atoms with Gasteiger partial charge in [-0.25, -0.2) is 59.0 Å². The summed E-state index contributed by atoms with van der Waals surface area (Å²) in [5.74, 6) is -3.34. The van der Waals surface area contributed by atoms with E-state index in [1.54, 1.807) is 48.5 Å². The molecule has 0 fully saturated rings. The van der Waals surface area contributed by atoms with Gasteiger partial charge in [0.05, 0.1) is 22.1 Å². The number of carbonyl (C=O) groups is 4. The number of carboxylic acids is 4. The Morgan fingerprint density at radius 3 is 0.964 bits per heavy atom. The number of aromatic nitrogens is 12. The maximum atomic E-state index is 10.1. The first-order chi connectivity index (χ1) is 66.3. The van der Waals surface area contributed by atoms with Crippen molar-refractivity contribution in [3.63, 3.8) is 0 Å². The van der Waals surface area contributed by atoms with Crippen molar-refractivity contribution < 1.29 is 120 Å². The molecular weight excluding hydrogens is 2470 g/mol. The van der Waals surface area contributed by atoms with Crippen LogP contribution in [0, 0.1) is 30.2 Å². The van der Waals surface area contributed by atoms with Crippen molar-refractivity contribution in [3.05, 3.63) is 454 Å². The third-order valence-corrected chi connectivity index (χ3v) is 24.7. The summed E-state index contributed by atoms with van der Waals surface area (Å²) in [5.41, 5.74) is 14.4. The van der Waals surface area contributed by atoms with Gasteiger partial charge in [-0.05, 0) is 124 Å². The average Bonchev–Trinajstić information content (AvgIpc) is 1.59. The molecule has 0 unspecified atom stereocenters. The Hall–Kier alpha value is -15.2. The molecule has 24 rings (SSSR count). The van der Waals surface area contributed by atoms with Crippen molar-refractivity contribution in [2.75, 3.05) is 0 Å². The number of carboxylic acid groups (broad SMARTS) is 4. The standard InChI is InChI=1S/C25H21N2.C24H21N2Si.2C21H13N2.4C6H5NO2.4Ir/c1-17(2)14-18-8-7-10-20(15-18)27-23-13-6-5-12-22(23)24-21-11-4-3-9-19(21)16-26-25(24)27;1-27(2,3)19-14-12-18(13-15-19)26-22-11-7-6-10-21(22)23-20-9-5-4-8-17(20)16-25-24(23)26;1-2-9-16(10-3-1)23-19-13-7-6-12-18(19)20-17-11-5-4-8-15(17)14-22-21(20)23;1-2-8-16(9-3-1)23-19-13-12-15-7-4-5-10-17(15)20(19)18-11-6-14-22-21(18)23;4*8-6(9)5-3-1-2-4-7-5;;;;/h3-9,11-13,15-17H,14H2,1-2H3;4-12,14-16H,1-3H3;1-9,11-14H;1-8,10-14H;4*1-4H,(H,8,9);;;;/q4*-1;;;;;;;;. The maximum absolute atomic E-state index is 10.1. The van der Waals surface area contributed by atoms with Crippen LogP contribution in [-0.2, 0) is 86.8 Å². The Morgan fingerprint density at radius 2 is 0.614 bits per heavy atom. The van der Waals surface area contributed by atoms with Crippen LogP contribution in [0.4, 0.5) is 0 Å². The second-order valence-corrected chi connectivity index (χ2v) is 38.1. The van der Waals surface area contributed by atoms with Crippen LogP contribution in [0.25, 0.3) is 154 Å². The predicted molar refractivity (Wildman–Crippen MR) is 546 cm³/mol. The molecule has 0 saturated carbocycles. The van der Waals surface area contributed by atoms with Crippen LogP contribution in [0.2, 0.25) is 19.6 Å². The molecular formula is C115H88Ir4N12O8Si-4. The summed E-state index contributed by atoms with van der Waals surface area (Å²) in [6.45, 7) is 11.6. The number of aromatic carboxylic acids is 4. The Morgan fingerprint density at radius 1 is 0.286 bits per heavy atom. The smallest absolute Gasteiger partial charge is 0.354 e. The average molecular weight is 2560 g/mol. The molecule has 0 atom stereocenters. The Kier molecular flexibility index (Phi) is 34.5. The van der Waals surface area contributed by atoms with E-state index in [1.165, 1.54) is 163 Å². The minimum absolute atomic E-state index is 0. The molecule has 12 heterocycles. The van der Waals surface area contributed by atoms with Gasteiger partial charge in [0.15, 0.2) is 0 Å². The van der Waals surface area contributed by atoms with Crippen LogP contribution in [0.5, 0.6) is 0 Å². The van der Waals surface area contributed by atoms with E-state index < -0.39 is 32.0 Å². The number of hydrogen-bond acceptors (Lipinski definition) is 12. The van der Waals surface area contributed by atoms with Gasteiger partial charge in [-0.15, -0.1) is 24.3 Å². The zero-order valence-corrected chi connectivity index (χ0v) is 86.6. The monoisotopic (exact) mass is 2560 g/mol. The van der Waals surface area contributed by atoms with Crippen molar-refractivity contribution in [3.8, 4) is 22.7 Å². The van der Waals surface area contributed by atoms with Crippen LogP contribution in [-0.4, -0.2) is 111 Å². The Labute approximate surface area is 861 Å². The summed E-state index contributed by atoms with van der Waals surface area (Å²) >= 11 is 0. The molecule has 0 spiro atoms. The fraction of sp³-hybridized carbons (Fsp3) is 0.0609. The first-order valence-corrected chi connectivity index (χ1v) is 47.5. The number of hydrogen-bond donors (Lipinski definition) is 4. The largest absolute Gasteiger partial charge is 0.477 e. The molecule has 140 heavy (non-hydrogen) atoms. The van der Waals surface area contributed by atoms with Gasteiger partial charge >= 0.3 is 23.9 Å². The van der Waals surface area contributed by atoms with Gasteiger partial charge < -0.3 is 38.7 Å². The van der Waals surface area contributed by atoms with Gasteiger partial charge in [-0.1, -0.05) is 238 Å². The summed E-state index contributed by atoms with van der Waals surface area (Å²) in [6, 6.07) is 130. The molecule has 4 N–H and O–H groups in total. The summed E-state index contributed by atoms with van der Waals surface area (Å²) in [4.78, 5) is 74.0. The number of benzene rings is 12. The fourth-order valence-electron chi connectivity index (χ4n) is 16.6. The molecule has 0 bridgehead atoms. The van der Waals surface area contributed by atoms with Gasteiger partial charge in [0.25, 0.3) is 0 Å². The molecule has 12 aromatic carbocycles. The summed E-state index contributed by atoms with van der Waals surface area (Å²) in [6.07, 6.45) is 14.6. The minimum Gasteiger partial charge on any atom is -0.477 e. The Bertz CT molecular complexity index is 8050. The van der Waals surface area contributed by atoms with Crippen molar-refractivity contribution in [2.45, 2.75) is 39.9 Å². The van der Waals surface area contributed by atoms with Crippen molar-refractivity contribution in [2.24, 2.45) is 5.92 Å². The molecule has 0 amide bonds. The quantitative estimate of drug-likeness (QED) is 0.0692. The molecule has 700 valence electrons. The molecule has 20 nitrogen and oxygen atoms in total. The van der Waals surface area contributed by atoms with Gasteiger partial charge in [0, 0.05) is 197 Å². The molecule has 0 aliphatic carbocycles. The van der Waals surface area contributed by atoms with Crippen LogP contribution in [0.15, 0.2) is 401 Å². The number of para-hydroxylation sites is 5. The second kappa shape index (κ2) is 47.2. The van der Waals surface area contributed by atoms with Crippen LogP contribution in [0.1, 0.15) is 61.4 Å². The zero-order chi connectivity index (χ0) is 94.2. The van der Waals surface area contributed by atoms with Gasteiger partial charge in [-0.2, -0.15) is 95.7 Å². The van der Waals surface area contributed by atoms with Gasteiger partial charge in [-0.3, -0.25) is 0 Å². The fourth-order valence-corrected chi connectivity index (χ4v) is 17.7. The molecule has 4 radical (unpaired) electrons. The number of fused-ring (bicyclic) bond motifs is 20. The molecule has 12 aromatic heterocycles. The maximum Gasteiger partial charge on any atom is 0.354 e. The van der Waals surface area contributed by atoms with Gasteiger partial charge in [0.1, 0.15) is 45.4 Å². The summed E-state index contributed by atoms with van der Waals surface area (Å²) in [5, 5.41) is 54.2. The van der Waals surface area contributed by atoms with Crippen LogP contribution in [0.3, 0.4) is 0 Å². The van der Waals surface area contributed by atoms with Crippen molar-refractivity contribution in [1.29, 1.82) is 0 Å². The Balaban J connectivity index is 0.000000140. The number of rotatable bonds is 11. The SMILES string of the molecule is CC(C)Cc1cc[c-]c(-n2c3ccccc3c3c4ccccc4cnc32)c1.C[Si](C)(C)c1c[c-]c(-n2c3ccccc3c3c4ccccc4cnc32)cc1.O=C(O)c1ccccn1.O=C(O)c1ccccn1.O=C(O)c1ccccn1.O=C(O)c1ccccn1.[Ir].[Ir].[Ir].[Ir].[c-]1ccccc1-n1c2ccc3ccccc3c2c2cccnc21.[c-]1ccccc1-n1c2ccccc2c2c3ccccc3cnc21.